The normalized spacial score (nSPS) is 30.5. The molecular weight excluding hydrogens is 141 g/mol. The molecule has 3 N–H and O–H groups in total. The Labute approximate surface area is 67.3 Å². The number of rotatable bonds is 2. The molecule has 0 fully saturated rings. The molecule has 3 nitrogen and oxygen atoms in total. The summed E-state index contributed by atoms with van der Waals surface area (Å²) in [5, 5.41) is 21.0. The van der Waals surface area contributed by atoms with E-state index in [0.717, 1.165) is 12.8 Å². The third kappa shape index (κ3) is 3.05. The van der Waals surface area contributed by atoms with Crippen molar-refractivity contribution in [3.63, 3.8) is 0 Å². The van der Waals surface area contributed by atoms with Crippen LogP contribution in [0.2, 0.25) is 6.82 Å². The summed E-state index contributed by atoms with van der Waals surface area (Å²) >= 11 is 0. The van der Waals surface area contributed by atoms with Crippen molar-refractivity contribution in [1.82, 2.24) is 5.23 Å². The van der Waals surface area contributed by atoms with Crippen molar-refractivity contribution in [3.05, 3.63) is 12.2 Å². The molecule has 0 spiro atoms. The fourth-order valence-electron chi connectivity index (χ4n) is 1.25. The summed E-state index contributed by atoms with van der Waals surface area (Å²) in [5.41, 5.74) is 0. The zero-order valence-electron chi connectivity index (χ0n) is 6.70. The molecule has 0 saturated heterocycles. The first-order chi connectivity index (χ1) is 5.18. The lowest BCUT2D eigenvalue weighted by Gasteiger charge is -2.21. The highest BCUT2D eigenvalue weighted by Gasteiger charge is 2.15. The summed E-state index contributed by atoms with van der Waals surface area (Å²) in [6, 6.07) is 0.221. The Morgan fingerprint density at radius 3 is 2.64 bits per heavy atom. The molecule has 2 atom stereocenters. The summed E-state index contributed by atoms with van der Waals surface area (Å²) in [4.78, 5) is 0. The number of hydrogen-bond acceptors (Lipinski definition) is 3. The van der Waals surface area contributed by atoms with E-state index in [-0.39, 0.29) is 12.1 Å². The van der Waals surface area contributed by atoms with Crippen LogP contribution in [0.15, 0.2) is 12.2 Å². The van der Waals surface area contributed by atoms with E-state index in [4.69, 9.17) is 10.1 Å². The van der Waals surface area contributed by atoms with Crippen LogP contribution in [0.1, 0.15) is 12.8 Å². The Balaban J connectivity index is 2.32. The van der Waals surface area contributed by atoms with Crippen molar-refractivity contribution in [1.29, 1.82) is 0 Å². The minimum Gasteiger partial charge on any atom is -0.437 e. The highest BCUT2D eigenvalue weighted by molar-refractivity contribution is 6.45. The molecule has 0 aromatic rings. The van der Waals surface area contributed by atoms with E-state index in [2.05, 4.69) is 5.23 Å². The second-order valence-corrected chi connectivity index (χ2v) is 2.98. The van der Waals surface area contributed by atoms with Gasteiger partial charge in [-0.05, 0) is 19.7 Å². The van der Waals surface area contributed by atoms with Crippen LogP contribution in [-0.2, 0) is 0 Å². The van der Waals surface area contributed by atoms with Gasteiger partial charge in [-0.3, -0.25) is 0 Å². The van der Waals surface area contributed by atoms with Gasteiger partial charge in [0.1, 0.15) is 0 Å². The molecule has 0 aliphatic heterocycles. The molecule has 1 unspecified atom stereocenters. The number of aliphatic hydroxyl groups excluding tert-OH is 1. The van der Waals surface area contributed by atoms with Crippen LogP contribution in [0, 0.1) is 0 Å². The lowest BCUT2D eigenvalue weighted by atomic mass is 9.85. The van der Waals surface area contributed by atoms with Gasteiger partial charge >= 0.3 is 7.05 Å². The zero-order valence-corrected chi connectivity index (χ0v) is 6.70. The van der Waals surface area contributed by atoms with Gasteiger partial charge < -0.3 is 15.4 Å². The fourth-order valence-corrected chi connectivity index (χ4v) is 1.25. The van der Waals surface area contributed by atoms with Crippen LogP contribution < -0.4 is 5.23 Å². The van der Waals surface area contributed by atoms with Crippen molar-refractivity contribution in [2.75, 3.05) is 0 Å². The van der Waals surface area contributed by atoms with Crippen LogP contribution in [-0.4, -0.2) is 29.3 Å². The Hall–Kier alpha value is -0.315. The summed E-state index contributed by atoms with van der Waals surface area (Å²) in [5.74, 6) is 0. The van der Waals surface area contributed by atoms with Gasteiger partial charge in [0.05, 0.1) is 6.10 Å². The molecule has 1 aliphatic carbocycles. The minimum absolute atomic E-state index is 0.221. The molecule has 0 radical (unpaired) electrons. The molecule has 0 saturated carbocycles. The summed E-state index contributed by atoms with van der Waals surface area (Å²) in [7, 11) is -0.472. The second kappa shape index (κ2) is 3.90. The van der Waals surface area contributed by atoms with E-state index < -0.39 is 7.05 Å². The third-order valence-electron chi connectivity index (χ3n) is 1.79. The van der Waals surface area contributed by atoms with Gasteiger partial charge in [0, 0.05) is 6.04 Å². The maximum atomic E-state index is 9.08. The second-order valence-electron chi connectivity index (χ2n) is 2.98. The topological polar surface area (TPSA) is 52.5 Å². The molecule has 1 aliphatic rings. The summed E-state index contributed by atoms with van der Waals surface area (Å²) in [6.07, 6.45) is 5.05. The Morgan fingerprint density at radius 2 is 2.18 bits per heavy atom. The number of nitrogens with one attached hydrogen (secondary N) is 1. The van der Waals surface area contributed by atoms with Crippen molar-refractivity contribution in [2.24, 2.45) is 0 Å². The average Bonchev–Trinajstić information content (AvgIpc) is 1.93. The van der Waals surface area contributed by atoms with Gasteiger partial charge in [0.15, 0.2) is 0 Å². The lowest BCUT2D eigenvalue weighted by Crippen LogP contribution is -2.40. The average molecular weight is 155 g/mol. The van der Waals surface area contributed by atoms with Gasteiger partial charge in [-0.2, -0.15) is 0 Å². The van der Waals surface area contributed by atoms with Gasteiger partial charge in [0.25, 0.3) is 0 Å². The van der Waals surface area contributed by atoms with Crippen LogP contribution in [0.25, 0.3) is 0 Å². The van der Waals surface area contributed by atoms with E-state index in [9.17, 15) is 0 Å². The Morgan fingerprint density at radius 1 is 1.45 bits per heavy atom. The molecule has 0 aromatic heterocycles. The van der Waals surface area contributed by atoms with E-state index in [1.807, 2.05) is 6.08 Å². The van der Waals surface area contributed by atoms with Crippen molar-refractivity contribution in [3.8, 4) is 0 Å². The first kappa shape index (κ1) is 8.78. The predicted molar refractivity (Wildman–Crippen MR) is 45.1 cm³/mol. The minimum atomic E-state index is -0.472. The maximum absolute atomic E-state index is 9.08. The van der Waals surface area contributed by atoms with E-state index >= 15 is 0 Å². The Bertz CT molecular complexity index is 149. The SMILES string of the molecule is CB(O)NC1C=C[C@@H](O)CC1. The van der Waals surface area contributed by atoms with Crippen LogP contribution >= 0.6 is 0 Å². The zero-order chi connectivity index (χ0) is 8.27. The fraction of sp³-hybridized carbons (Fsp3) is 0.714. The molecule has 1 rings (SSSR count). The highest BCUT2D eigenvalue weighted by Crippen LogP contribution is 2.10. The molecule has 0 aromatic carbocycles. The lowest BCUT2D eigenvalue weighted by molar-refractivity contribution is 0.199. The first-order valence-corrected chi connectivity index (χ1v) is 3.99. The van der Waals surface area contributed by atoms with Crippen molar-refractivity contribution >= 4 is 7.05 Å². The number of aliphatic hydroxyl groups is 1. The molecule has 0 bridgehead atoms. The largest absolute Gasteiger partial charge is 0.437 e. The maximum Gasteiger partial charge on any atom is 0.374 e. The van der Waals surface area contributed by atoms with Crippen molar-refractivity contribution < 1.29 is 10.1 Å². The van der Waals surface area contributed by atoms with Gasteiger partial charge in [0.2, 0.25) is 0 Å². The molecule has 62 valence electrons. The van der Waals surface area contributed by atoms with Crippen LogP contribution in [0.4, 0.5) is 0 Å². The van der Waals surface area contributed by atoms with Crippen LogP contribution in [0.3, 0.4) is 0 Å². The monoisotopic (exact) mass is 155 g/mol. The highest BCUT2D eigenvalue weighted by atomic mass is 16.3. The van der Waals surface area contributed by atoms with Gasteiger partial charge in [-0.25, -0.2) is 0 Å². The van der Waals surface area contributed by atoms with E-state index in [1.54, 1.807) is 12.9 Å². The van der Waals surface area contributed by atoms with Crippen LogP contribution in [0.5, 0.6) is 0 Å². The smallest absolute Gasteiger partial charge is 0.374 e. The molecule has 0 amide bonds. The summed E-state index contributed by atoms with van der Waals surface area (Å²) in [6.45, 7) is 1.69. The summed E-state index contributed by atoms with van der Waals surface area (Å²) < 4.78 is 0. The third-order valence-corrected chi connectivity index (χ3v) is 1.79. The van der Waals surface area contributed by atoms with Gasteiger partial charge in [-0.1, -0.05) is 12.2 Å². The van der Waals surface area contributed by atoms with E-state index in [0.29, 0.717) is 0 Å². The quantitative estimate of drug-likeness (QED) is 0.381. The van der Waals surface area contributed by atoms with Crippen molar-refractivity contribution in [2.45, 2.75) is 31.8 Å². The molecular formula is C7H14BNO2. The number of hydrogen-bond donors (Lipinski definition) is 3. The Kier molecular flexibility index (Phi) is 3.11. The van der Waals surface area contributed by atoms with Gasteiger partial charge in [-0.15, -0.1) is 0 Å². The molecule has 0 heterocycles. The predicted octanol–water partition coefficient (Wildman–Crippen LogP) is -0.234. The van der Waals surface area contributed by atoms with E-state index in [1.165, 1.54) is 0 Å². The molecule has 4 heteroatoms. The molecule has 11 heavy (non-hydrogen) atoms. The standard InChI is InChI=1S/C7H14BNO2/c1-8(11)9-6-2-4-7(10)5-3-6/h2,4,6-7,9-11H,3,5H2,1H3/t6?,7-/m1/s1. The first-order valence-electron chi connectivity index (χ1n) is 3.99.